The summed E-state index contributed by atoms with van der Waals surface area (Å²) in [6, 6.07) is 28.1. The highest BCUT2D eigenvalue weighted by Gasteiger charge is 2.61. The second-order valence-electron chi connectivity index (χ2n) is 11.2. The first-order chi connectivity index (χ1) is 20.3. The van der Waals surface area contributed by atoms with Crippen molar-refractivity contribution in [3.05, 3.63) is 130 Å². The number of aryl methyl sites for hydroxylation is 2. The highest BCUT2D eigenvalue weighted by Crippen LogP contribution is 2.61. The van der Waals surface area contributed by atoms with E-state index in [4.69, 9.17) is 4.74 Å². The fourth-order valence-corrected chi connectivity index (χ4v) is 7.11. The van der Waals surface area contributed by atoms with Crippen LogP contribution >= 0.6 is 0 Å². The van der Waals surface area contributed by atoms with Crippen LogP contribution in [0.4, 0.5) is 11.4 Å². The maximum atomic E-state index is 14.0. The van der Waals surface area contributed by atoms with Crippen molar-refractivity contribution >= 4 is 35.1 Å². The lowest BCUT2D eigenvalue weighted by Crippen LogP contribution is -2.41. The first kappa shape index (κ1) is 25.9. The van der Waals surface area contributed by atoms with Gasteiger partial charge in [0.1, 0.15) is 0 Å². The number of carbonyl (C=O) groups is 4. The number of hydrogen-bond acceptors (Lipinski definition) is 5. The molecule has 1 heterocycles. The lowest BCUT2D eigenvalue weighted by Gasteiger charge is -2.45. The zero-order valence-electron chi connectivity index (χ0n) is 23.2. The zero-order chi connectivity index (χ0) is 29.1. The molecule has 4 aliphatic rings. The van der Waals surface area contributed by atoms with Gasteiger partial charge in [-0.2, -0.15) is 0 Å². The fourth-order valence-electron chi connectivity index (χ4n) is 7.11. The second kappa shape index (κ2) is 9.80. The van der Waals surface area contributed by atoms with Crippen molar-refractivity contribution in [2.45, 2.75) is 25.7 Å². The number of ether oxygens (including phenoxy) is 1. The Morgan fingerprint density at radius 3 is 1.74 bits per heavy atom. The molecule has 0 radical (unpaired) electrons. The summed E-state index contributed by atoms with van der Waals surface area (Å²) in [4.78, 5) is 54.7. The van der Waals surface area contributed by atoms with Crippen molar-refractivity contribution in [2.24, 2.45) is 11.8 Å². The van der Waals surface area contributed by atoms with Crippen LogP contribution in [0.3, 0.4) is 0 Å². The Bertz CT molecular complexity index is 1680. The Hall–Kier alpha value is -5.04. The smallest absolute Gasteiger partial charge is 0.338 e. The van der Waals surface area contributed by atoms with Crippen molar-refractivity contribution in [3.8, 4) is 0 Å². The molecule has 1 aliphatic heterocycles. The van der Waals surface area contributed by atoms with Crippen LogP contribution in [0.2, 0.25) is 0 Å². The monoisotopic (exact) mass is 556 g/mol. The number of anilines is 2. The molecule has 4 aromatic carbocycles. The van der Waals surface area contributed by atoms with Crippen molar-refractivity contribution < 1.29 is 23.9 Å². The van der Waals surface area contributed by atoms with Crippen LogP contribution in [0.1, 0.15) is 55.6 Å². The van der Waals surface area contributed by atoms with Gasteiger partial charge in [-0.05, 0) is 65.4 Å². The number of carbonyl (C=O) groups excluding carboxylic acids is 4. The summed E-state index contributed by atoms with van der Waals surface area (Å²) in [6.07, 6.45) is 0. The highest BCUT2D eigenvalue weighted by molar-refractivity contribution is 6.23. The number of esters is 1. The van der Waals surface area contributed by atoms with Gasteiger partial charge in [0.15, 0.2) is 6.61 Å². The normalized spacial score (nSPS) is 21.4. The molecule has 1 N–H and O–H groups in total. The van der Waals surface area contributed by atoms with Crippen LogP contribution in [0.15, 0.2) is 91.0 Å². The summed E-state index contributed by atoms with van der Waals surface area (Å²) in [5, 5.41) is 2.80. The zero-order valence-corrected chi connectivity index (χ0v) is 23.2. The summed E-state index contributed by atoms with van der Waals surface area (Å²) in [5.41, 5.74) is 7.36. The van der Waals surface area contributed by atoms with Gasteiger partial charge < -0.3 is 10.1 Å². The molecule has 208 valence electrons. The van der Waals surface area contributed by atoms with Crippen LogP contribution in [-0.4, -0.2) is 30.3 Å². The predicted octanol–water partition coefficient (Wildman–Crippen LogP) is 5.50. The third-order valence-corrected chi connectivity index (χ3v) is 8.87. The molecule has 7 heteroatoms. The van der Waals surface area contributed by atoms with Gasteiger partial charge >= 0.3 is 5.97 Å². The van der Waals surface area contributed by atoms with E-state index in [0.717, 1.165) is 33.4 Å². The van der Waals surface area contributed by atoms with Gasteiger partial charge in [0.05, 0.1) is 23.1 Å². The number of rotatable bonds is 5. The number of nitrogens with zero attached hydrogens (tertiary/aromatic N) is 1. The van der Waals surface area contributed by atoms with Crippen molar-refractivity contribution in [1.82, 2.24) is 0 Å². The first-order valence-corrected chi connectivity index (χ1v) is 14.0. The number of nitrogens with one attached hydrogen (secondary N) is 1. The van der Waals surface area contributed by atoms with Gasteiger partial charge in [0.2, 0.25) is 11.8 Å². The van der Waals surface area contributed by atoms with E-state index in [1.807, 2.05) is 56.3 Å². The number of hydrogen-bond donors (Lipinski definition) is 1. The quantitative estimate of drug-likeness (QED) is 0.259. The van der Waals surface area contributed by atoms with Gasteiger partial charge in [-0.15, -0.1) is 0 Å². The van der Waals surface area contributed by atoms with Crippen LogP contribution in [0, 0.1) is 25.7 Å². The van der Waals surface area contributed by atoms with E-state index in [9.17, 15) is 19.2 Å². The molecule has 8 rings (SSSR count). The van der Waals surface area contributed by atoms with E-state index in [0.29, 0.717) is 11.4 Å². The molecule has 42 heavy (non-hydrogen) atoms. The van der Waals surface area contributed by atoms with Gasteiger partial charge in [0.25, 0.3) is 5.91 Å². The van der Waals surface area contributed by atoms with Crippen molar-refractivity contribution in [1.29, 1.82) is 0 Å². The molecule has 0 aromatic heterocycles. The Morgan fingerprint density at radius 1 is 0.714 bits per heavy atom. The van der Waals surface area contributed by atoms with E-state index in [2.05, 4.69) is 29.6 Å². The second-order valence-corrected chi connectivity index (χ2v) is 11.2. The molecular weight excluding hydrogens is 528 g/mol. The molecule has 2 bridgehead atoms. The van der Waals surface area contributed by atoms with Gasteiger partial charge in [-0.25, -0.2) is 9.69 Å². The highest BCUT2D eigenvalue weighted by atomic mass is 16.5. The van der Waals surface area contributed by atoms with Crippen molar-refractivity contribution in [3.63, 3.8) is 0 Å². The summed E-state index contributed by atoms with van der Waals surface area (Å²) >= 11 is 0. The average Bonchev–Trinajstić information content (AvgIpc) is 3.28. The summed E-state index contributed by atoms with van der Waals surface area (Å²) in [6.45, 7) is 3.31. The molecule has 4 aromatic rings. The molecule has 0 saturated carbocycles. The van der Waals surface area contributed by atoms with Crippen LogP contribution in [0.25, 0.3) is 0 Å². The van der Waals surface area contributed by atoms with Crippen LogP contribution in [-0.2, 0) is 19.1 Å². The van der Waals surface area contributed by atoms with Gasteiger partial charge in [0, 0.05) is 17.5 Å². The third kappa shape index (κ3) is 3.88. The number of amides is 3. The van der Waals surface area contributed by atoms with E-state index in [1.165, 1.54) is 11.0 Å². The van der Waals surface area contributed by atoms with E-state index < -0.39 is 30.3 Å². The largest absolute Gasteiger partial charge is 0.452 e. The van der Waals surface area contributed by atoms with Gasteiger partial charge in [-0.3, -0.25) is 14.4 Å². The maximum absolute atomic E-state index is 14.0. The molecule has 3 aliphatic carbocycles. The minimum Gasteiger partial charge on any atom is -0.452 e. The Kier molecular flexibility index (Phi) is 6.04. The minimum absolute atomic E-state index is 0.150. The fraction of sp³-hybridized carbons (Fsp3) is 0.200. The predicted molar refractivity (Wildman–Crippen MR) is 157 cm³/mol. The van der Waals surface area contributed by atoms with Crippen LogP contribution < -0.4 is 10.2 Å². The number of imide groups is 1. The maximum Gasteiger partial charge on any atom is 0.338 e. The average molecular weight is 557 g/mol. The van der Waals surface area contributed by atoms with Crippen molar-refractivity contribution in [2.75, 3.05) is 16.8 Å². The third-order valence-electron chi connectivity index (χ3n) is 8.87. The SMILES string of the molecule is Cc1cccc(C)c1NC(=O)COC(=O)c1cccc(N2C(=O)[C@@H]3C4c5ccccc5C(c5ccccc54)[C@@H]3C2=O)c1. The van der Waals surface area contributed by atoms with E-state index in [1.54, 1.807) is 18.2 Å². The number of benzene rings is 4. The minimum atomic E-state index is -0.718. The molecule has 1 saturated heterocycles. The Morgan fingerprint density at radius 2 is 1.21 bits per heavy atom. The van der Waals surface area contributed by atoms with Crippen LogP contribution in [0.5, 0.6) is 0 Å². The summed E-state index contributed by atoms with van der Waals surface area (Å²) < 4.78 is 5.30. The molecule has 7 nitrogen and oxygen atoms in total. The summed E-state index contributed by atoms with van der Waals surface area (Å²) in [7, 11) is 0. The lowest BCUT2D eigenvalue weighted by molar-refractivity contribution is -0.122. The van der Waals surface area contributed by atoms with Gasteiger partial charge in [-0.1, -0.05) is 72.8 Å². The number of para-hydroxylation sites is 1. The molecule has 1 fully saturated rings. The topological polar surface area (TPSA) is 92.8 Å². The first-order valence-electron chi connectivity index (χ1n) is 14.0. The standard InChI is InChI=1S/C35H28N2O5/c1-19-9-7-10-20(2)32(19)36-27(38)18-42-35(41)21-11-8-12-22(17-21)37-33(39)30-28-23-13-3-4-14-24(23)29(31(30)34(37)40)26-16-6-5-15-25(26)28/h3-17,28-31H,18H2,1-2H3,(H,36,38)/t28?,29?,30-,31+. The molecule has 0 unspecified atom stereocenters. The lowest BCUT2D eigenvalue weighted by atomic mass is 9.55. The Balaban J connectivity index is 1.13. The molecule has 0 spiro atoms. The summed E-state index contributed by atoms with van der Waals surface area (Å²) in [5.74, 6) is -3.15. The van der Waals surface area contributed by atoms with E-state index >= 15 is 0 Å². The van der Waals surface area contributed by atoms with E-state index in [-0.39, 0.29) is 29.2 Å². The molecule has 2 atom stereocenters. The molecular formula is C35H28N2O5. The molecule has 3 amide bonds. The Labute approximate surface area is 243 Å².